The number of fused-ring (bicyclic) bond motifs is 1. The van der Waals surface area contributed by atoms with Crippen LogP contribution in [-0.4, -0.2) is 30.9 Å². The normalized spacial score (nSPS) is 15.2. The summed E-state index contributed by atoms with van der Waals surface area (Å²) >= 11 is 1.20. The van der Waals surface area contributed by atoms with E-state index < -0.39 is 12.0 Å². The van der Waals surface area contributed by atoms with Crippen molar-refractivity contribution in [3.63, 3.8) is 0 Å². The SMILES string of the molecule is C=CCOc1ccc(C2C(C(=O)OCC(C)C)=C(C)N=c3s/c(=C\c4ccc(F)cc4)c(=O)n32)cc1OC. The zero-order chi connectivity index (χ0) is 27.4. The third kappa shape index (κ3) is 5.62. The van der Waals surface area contributed by atoms with Gasteiger partial charge in [0.05, 0.1) is 35.6 Å². The van der Waals surface area contributed by atoms with Crippen molar-refractivity contribution in [1.29, 1.82) is 0 Å². The topological polar surface area (TPSA) is 79.1 Å². The third-order valence-electron chi connectivity index (χ3n) is 5.82. The molecule has 0 spiro atoms. The maximum atomic E-state index is 13.7. The Labute approximate surface area is 223 Å². The van der Waals surface area contributed by atoms with E-state index in [-0.39, 0.29) is 29.5 Å². The van der Waals surface area contributed by atoms with Gasteiger partial charge in [0.1, 0.15) is 12.4 Å². The first-order valence-electron chi connectivity index (χ1n) is 12.1. The van der Waals surface area contributed by atoms with Gasteiger partial charge in [-0.25, -0.2) is 14.2 Å². The summed E-state index contributed by atoms with van der Waals surface area (Å²) in [7, 11) is 1.52. The predicted octanol–water partition coefficient (Wildman–Crippen LogP) is 4.15. The Balaban J connectivity index is 1.90. The molecule has 9 heteroatoms. The number of rotatable bonds is 9. The van der Waals surface area contributed by atoms with E-state index in [4.69, 9.17) is 14.2 Å². The number of benzene rings is 2. The van der Waals surface area contributed by atoms with Crippen molar-refractivity contribution in [3.05, 3.63) is 103 Å². The molecule has 1 atom stereocenters. The van der Waals surface area contributed by atoms with Crippen LogP contribution in [0.5, 0.6) is 11.5 Å². The Morgan fingerprint density at radius 2 is 1.95 bits per heavy atom. The highest BCUT2D eigenvalue weighted by atomic mass is 32.1. The molecule has 3 aromatic rings. The van der Waals surface area contributed by atoms with Crippen LogP contribution in [0.3, 0.4) is 0 Å². The van der Waals surface area contributed by atoms with E-state index in [0.29, 0.717) is 44.3 Å². The lowest BCUT2D eigenvalue weighted by atomic mass is 9.95. The van der Waals surface area contributed by atoms with Gasteiger partial charge in [0.25, 0.3) is 5.56 Å². The van der Waals surface area contributed by atoms with Crippen LogP contribution in [0.15, 0.2) is 76.2 Å². The minimum atomic E-state index is -0.802. The number of methoxy groups -OCH3 is 1. The highest BCUT2D eigenvalue weighted by Crippen LogP contribution is 2.36. The smallest absolute Gasteiger partial charge is 0.338 e. The quantitative estimate of drug-likeness (QED) is 0.303. The molecule has 2 aromatic carbocycles. The fourth-order valence-electron chi connectivity index (χ4n) is 4.05. The second-order valence-electron chi connectivity index (χ2n) is 9.14. The Morgan fingerprint density at radius 3 is 2.61 bits per heavy atom. The number of carbonyl (C=O) groups is 1. The van der Waals surface area contributed by atoms with Crippen LogP contribution >= 0.6 is 11.3 Å². The van der Waals surface area contributed by atoms with Crippen molar-refractivity contribution in [1.82, 2.24) is 4.57 Å². The summed E-state index contributed by atoms with van der Waals surface area (Å²) in [5.41, 5.74) is 1.71. The van der Waals surface area contributed by atoms with Crippen LogP contribution in [0.1, 0.15) is 37.9 Å². The van der Waals surface area contributed by atoms with Crippen LogP contribution in [0.25, 0.3) is 6.08 Å². The number of allylic oxidation sites excluding steroid dienone is 1. The summed E-state index contributed by atoms with van der Waals surface area (Å²) in [4.78, 5) is 32.1. The molecule has 1 unspecified atom stereocenters. The van der Waals surface area contributed by atoms with Gasteiger partial charge in [-0.2, -0.15) is 0 Å². The van der Waals surface area contributed by atoms with Crippen molar-refractivity contribution in [3.8, 4) is 11.5 Å². The highest BCUT2D eigenvalue weighted by molar-refractivity contribution is 7.07. The second kappa shape index (κ2) is 11.6. The van der Waals surface area contributed by atoms with E-state index in [1.165, 1.54) is 35.1 Å². The number of esters is 1. The summed E-state index contributed by atoms with van der Waals surface area (Å²) in [5.74, 6) is 0.186. The third-order valence-corrected chi connectivity index (χ3v) is 6.80. The van der Waals surface area contributed by atoms with Crippen molar-refractivity contribution < 1.29 is 23.4 Å². The Hall–Kier alpha value is -3.98. The molecule has 0 amide bonds. The first-order chi connectivity index (χ1) is 18.2. The zero-order valence-corrected chi connectivity index (χ0v) is 22.5. The number of hydrogen-bond donors (Lipinski definition) is 0. The van der Waals surface area contributed by atoms with Crippen molar-refractivity contribution in [2.75, 3.05) is 20.3 Å². The Kier molecular flexibility index (Phi) is 8.26. The number of aromatic nitrogens is 1. The first-order valence-corrected chi connectivity index (χ1v) is 12.9. The molecule has 0 radical (unpaired) electrons. The number of ether oxygens (including phenoxy) is 3. The van der Waals surface area contributed by atoms with Crippen LogP contribution < -0.4 is 24.4 Å². The molecule has 1 aliphatic rings. The molecule has 0 saturated carbocycles. The molecule has 7 nitrogen and oxygen atoms in total. The fourth-order valence-corrected chi connectivity index (χ4v) is 5.10. The zero-order valence-electron chi connectivity index (χ0n) is 21.7. The van der Waals surface area contributed by atoms with Gasteiger partial charge >= 0.3 is 5.97 Å². The van der Waals surface area contributed by atoms with Gasteiger partial charge in [0.2, 0.25) is 0 Å². The van der Waals surface area contributed by atoms with Gasteiger partial charge in [-0.15, -0.1) is 0 Å². The average Bonchev–Trinajstić information content (AvgIpc) is 3.20. The van der Waals surface area contributed by atoms with Gasteiger partial charge < -0.3 is 14.2 Å². The average molecular weight is 537 g/mol. The van der Waals surface area contributed by atoms with E-state index in [1.54, 1.807) is 49.4 Å². The molecule has 0 N–H and O–H groups in total. The van der Waals surface area contributed by atoms with Gasteiger partial charge in [-0.05, 0) is 54.3 Å². The van der Waals surface area contributed by atoms with Gasteiger partial charge in [0.15, 0.2) is 16.3 Å². The van der Waals surface area contributed by atoms with Crippen LogP contribution in [0.4, 0.5) is 4.39 Å². The number of carbonyl (C=O) groups excluding carboxylic acids is 1. The molecule has 0 aliphatic carbocycles. The van der Waals surface area contributed by atoms with Gasteiger partial charge in [0, 0.05) is 0 Å². The molecule has 0 saturated heterocycles. The number of hydrogen-bond acceptors (Lipinski definition) is 7. The van der Waals surface area contributed by atoms with E-state index in [1.807, 2.05) is 13.8 Å². The van der Waals surface area contributed by atoms with Gasteiger partial charge in [-0.1, -0.05) is 56.0 Å². The summed E-state index contributed by atoms with van der Waals surface area (Å²) < 4.78 is 32.1. The molecule has 4 rings (SSSR count). The molecule has 38 heavy (non-hydrogen) atoms. The molecular formula is C29H29FN2O5S. The minimum absolute atomic E-state index is 0.136. The monoisotopic (exact) mass is 536 g/mol. The summed E-state index contributed by atoms with van der Waals surface area (Å²) in [6.07, 6.45) is 3.31. The maximum Gasteiger partial charge on any atom is 0.338 e. The molecule has 2 heterocycles. The summed E-state index contributed by atoms with van der Waals surface area (Å²) in [5, 5.41) is 0. The summed E-state index contributed by atoms with van der Waals surface area (Å²) in [6, 6.07) is 10.3. The Bertz CT molecular complexity index is 1570. The van der Waals surface area contributed by atoms with Crippen LogP contribution in [0.2, 0.25) is 0 Å². The lowest BCUT2D eigenvalue weighted by Gasteiger charge is -2.25. The molecule has 0 fully saturated rings. The van der Waals surface area contributed by atoms with Crippen LogP contribution in [0, 0.1) is 11.7 Å². The fraction of sp³-hybridized carbons (Fsp3) is 0.276. The van der Waals surface area contributed by atoms with E-state index in [2.05, 4.69) is 11.6 Å². The maximum absolute atomic E-state index is 13.7. The lowest BCUT2D eigenvalue weighted by molar-refractivity contribution is -0.140. The Morgan fingerprint density at radius 1 is 1.21 bits per heavy atom. The van der Waals surface area contributed by atoms with E-state index in [0.717, 1.165) is 0 Å². The van der Waals surface area contributed by atoms with Crippen molar-refractivity contribution in [2.45, 2.75) is 26.8 Å². The first kappa shape index (κ1) is 27.1. The molecule has 1 aliphatic heterocycles. The minimum Gasteiger partial charge on any atom is -0.493 e. The molecule has 0 bridgehead atoms. The van der Waals surface area contributed by atoms with Crippen molar-refractivity contribution >= 4 is 23.4 Å². The number of nitrogens with zero attached hydrogens (tertiary/aromatic N) is 2. The van der Waals surface area contributed by atoms with E-state index in [9.17, 15) is 14.0 Å². The lowest BCUT2D eigenvalue weighted by Crippen LogP contribution is -2.40. The second-order valence-corrected chi connectivity index (χ2v) is 10.1. The highest BCUT2D eigenvalue weighted by Gasteiger charge is 2.34. The van der Waals surface area contributed by atoms with Crippen molar-refractivity contribution in [2.24, 2.45) is 10.9 Å². The number of thiazole rings is 1. The number of halogens is 1. The van der Waals surface area contributed by atoms with Crippen LogP contribution in [-0.2, 0) is 9.53 Å². The largest absolute Gasteiger partial charge is 0.493 e. The van der Waals surface area contributed by atoms with Gasteiger partial charge in [-0.3, -0.25) is 9.36 Å². The van der Waals surface area contributed by atoms with E-state index >= 15 is 0 Å². The molecule has 1 aromatic heterocycles. The molecule has 198 valence electrons. The predicted molar refractivity (Wildman–Crippen MR) is 145 cm³/mol. The summed E-state index contributed by atoms with van der Waals surface area (Å²) in [6.45, 7) is 9.82. The molecular weight excluding hydrogens is 507 g/mol. The standard InChI is InChI=1S/C29H29FN2O5S/c1-6-13-36-22-12-9-20(15-23(22)35-5)26-25(28(34)37-16-17(2)3)18(4)31-29-32(26)27(33)24(38-29)14-19-7-10-21(30)11-8-19/h6-12,14-15,17,26H,1,13,16H2,2-5H3/b24-14-.